The molecule has 0 saturated heterocycles. The van der Waals surface area contributed by atoms with Crippen LogP contribution in [0.5, 0.6) is 0 Å². The fraction of sp³-hybridized carbons (Fsp3) is 0.524. The molecule has 9 heteroatoms. The Kier molecular flexibility index (Phi) is 7.63. The average Bonchev–Trinajstić information content (AvgIpc) is 3.07. The second-order valence-corrected chi connectivity index (χ2v) is 8.42. The van der Waals surface area contributed by atoms with Crippen LogP contribution >= 0.6 is 0 Å². The van der Waals surface area contributed by atoms with Crippen molar-refractivity contribution in [2.45, 2.75) is 32.9 Å². The molecule has 2 rings (SSSR count). The van der Waals surface area contributed by atoms with E-state index in [2.05, 4.69) is 5.16 Å². The number of aromatic nitrogens is 1. The first-order valence-electron chi connectivity index (χ1n) is 9.59. The molecular formula is C21H27F4N3O2. The molecule has 1 amide bonds. The van der Waals surface area contributed by atoms with Gasteiger partial charge in [0.2, 0.25) is 0 Å². The molecule has 0 saturated carbocycles. The lowest BCUT2D eigenvalue weighted by Crippen LogP contribution is -2.48. The number of benzene rings is 1. The quantitative estimate of drug-likeness (QED) is 0.555. The third-order valence-electron chi connectivity index (χ3n) is 4.52. The van der Waals surface area contributed by atoms with Crippen molar-refractivity contribution in [3.8, 4) is 11.3 Å². The molecule has 5 nitrogen and oxygen atoms in total. The molecule has 0 aliphatic heterocycles. The lowest BCUT2D eigenvalue weighted by Gasteiger charge is -2.35. The van der Waals surface area contributed by atoms with Gasteiger partial charge in [0, 0.05) is 30.8 Å². The van der Waals surface area contributed by atoms with Gasteiger partial charge in [0.25, 0.3) is 0 Å². The van der Waals surface area contributed by atoms with Crippen molar-refractivity contribution in [2.75, 3.05) is 33.7 Å². The number of rotatable bonds is 9. The number of aryl methyl sites for hydroxylation is 1. The van der Waals surface area contributed by atoms with Gasteiger partial charge in [-0.1, -0.05) is 19.0 Å². The van der Waals surface area contributed by atoms with Crippen LogP contribution in [0.3, 0.4) is 0 Å². The van der Waals surface area contributed by atoms with Crippen molar-refractivity contribution >= 4 is 5.91 Å². The topological polar surface area (TPSA) is 49.6 Å². The molecule has 0 spiro atoms. The number of nitrogens with zero attached hydrogens (tertiary/aromatic N) is 3. The summed E-state index contributed by atoms with van der Waals surface area (Å²) in [5.74, 6) is -1.78. The molecule has 0 fully saturated rings. The van der Waals surface area contributed by atoms with Crippen molar-refractivity contribution in [3.63, 3.8) is 0 Å². The smallest absolute Gasteiger partial charge is 0.356 e. The zero-order chi connectivity index (χ0) is 22.5. The summed E-state index contributed by atoms with van der Waals surface area (Å²) in [7, 11) is 3.67. The van der Waals surface area contributed by atoms with Gasteiger partial charge in [-0.15, -0.1) is 0 Å². The number of alkyl halides is 3. The predicted molar refractivity (Wildman–Crippen MR) is 105 cm³/mol. The van der Waals surface area contributed by atoms with E-state index in [1.165, 1.54) is 18.3 Å². The summed E-state index contributed by atoms with van der Waals surface area (Å²) in [5, 5.41) is 3.75. The predicted octanol–water partition coefficient (Wildman–Crippen LogP) is 4.39. The minimum absolute atomic E-state index is 0.0159. The first-order chi connectivity index (χ1) is 13.9. The fourth-order valence-corrected chi connectivity index (χ4v) is 3.59. The molecule has 0 radical (unpaired) electrons. The first-order valence-corrected chi connectivity index (χ1v) is 9.59. The summed E-state index contributed by atoms with van der Waals surface area (Å²) in [6.45, 7) is 4.13. The maximum absolute atomic E-state index is 13.1. The second-order valence-electron chi connectivity index (χ2n) is 8.42. The second kappa shape index (κ2) is 9.59. The highest BCUT2D eigenvalue weighted by atomic mass is 19.4. The fourth-order valence-electron chi connectivity index (χ4n) is 3.59. The number of halogens is 4. The van der Waals surface area contributed by atoms with Crippen molar-refractivity contribution in [3.05, 3.63) is 41.8 Å². The number of amides is 1. The highest BCUT2D eigenvalue weighted by Crippen LogP contribution is 2.27. The lowest BCUT2D eigenvalue weighted by atomic mass is 9.92. The van der Waals surface area contributed by atoms with Crippen LogP contribution in [-0.2, 0) is 11.2 Å². The molecule has 1 heterocycles. The summed E-state index contributed by atoms with van der Waals surface area (Å²) >= 11 is 0. The van der Waals surface area contributed by atoms with Gasteiger partial charge in [-0.2, -0.15) is 13.2 Å². The largest absolute Gasteiger partial charge is 0.471 e. The van der Waals surface area contributed by atoms with Gasteiger partial charge in [-0.3, -0.25) is 4.79 Å². The maximum atomic E-state index is 13.1. The average molecular weight is 429 g/mol. The summed E-state index contributed by atoms with van der Waals surface area (Å²) in [4.78, 5) is 14.7. The minimum atomic E-state index is -4.93. The van der Waals surface area contributed by atoms with Gasteiger partial charge >= 0.3 is 12.1 Å². The molecule has 1 aromatic carbocycles. The third kappa shape index (κ3) is 6.83. The number of hydrogen-bond acceptors (Lipinski definition) is 4. The van der Waals surface area contributed by atoms with Gasteiger partial charge in [-0.05, 0) is 56.6 Å². The molecule has 0 bridgehead atoms. The maximum Gasteiger partial charge on any atom is 0.471 e. The molecule has 0 unspecified atom stereocenters. The third-order valence-corrected chi connectivity index (χ3v) is 4.52. The van der Waals surface area contributed by atoms with Gasteiger partial charge in [-0.25, -0.2) is 4.39 Å². The molecular weight excluding hydrogens is 402 g/mol. The highest BCUT2D eigenvalue weighted by Gasteiger charge is 2.43. The Balaban J connectivity index is 2.08. The Labute approximate surface area is 173 Å². The van der Waals surface area contributed by atoms with E-state index in [0.717, 1.165) is 4.90 Å². The number of hydrogen-bond donors (Lipinski definition) is 0. The van der Waals surface area contributed by atoms with E-state index in [1.807, 2.05) is 32.8 Å². The molecule has 0 N–H and O–H groups in total. The zero-order valence-electron chi connectivity index (χ0n) is 17.6. The van der Waals surface area contributed by atoms with Crippen LogP contribution in [0.2, 0.25) is 0 Å². The van der Waals surface area contributed by atoms with E-state index in [9.17, 15) is 22.4 Å². The summed E-state index contributed by atoms with van der Waals surface area (Å²) < 4.78 is 57.7. The minimum Gasteiger partial charge on any atom is -0.356 e. The van der Waals surface area contributed by atoms with Crippen LogP contribution < -0.4 is 0 Å². The van der Waals surface area contributed by atoms with E-state index in [-0.39, 0.29) is 18.9 Å². The summed E-state index contributed by atoms with van der Waals surface area (Å²) in [6.07, 6.45) is -2.77. The van der Waals surface area contributed by atoms with E-state index in [1.54, 1.807) is 12.1 Å². The van der Waals surface area contributed by atoms with Crippen LogP contribution in [0, 0.1) is 11.2 Å². The van der Waals surface area contributed by atoms with E-state index >= 15 is 0 Å². The summed E-state index contributed by atoms with van der Waals surface area (Å²) in [6, 6.07) is 5.67. The van der Waals surface area contributed by atoms with E-state index in [4.69, 9.17) is 4.52 Å². The van der Waals surface area contributed by atoms with Gasteiger partial charge < -0.3 is 14.3 Å². The Hall–Kier alpha value is -2.42. The van der Waals surface area contributed by atoms with Crippen molar-refractivity contribution in [2.24, 2.45) is 5.41 Å². The van der Waals surface area contributed by atoms with Crippen molar-refractivity contribution in [1.29, 1.82) is 0 Å². The summed E-state index contributed by atoms with van der Waals surface area (Å²) in [5.41, 5.74) is 0.800. The van der Waals surface area contributed by atoms with Crippen LogP contribution in [0.1, 0.15) is 25.8 Å². The monoisotopic (exact) mass is 429 g/mol. The zero-order valence-corrected chi connectivity index (χ0v) is 17.6. The molecule has 0 aliphatic rings. The van der Waals surface area contributed by atoms with Crippen LogP contribution in [0.4, 0.5) is 17.6 Å². The van der Waals surface area contributed by atoms with Crippen molar-refractivity contribution < 1.29 is 26.9 Å². The van der Waals surface area contributed by atoms with E-state index < -0.39 is 17.5 Å². The Morgan fingerprint density at radius 2 is 1.73 bits per heavy atom. The number of carbonyl (C=O) groups excluding carboxylic acids is 1. The van der Waals surface area contributed by atoms with Gasteiger partial charge in [0.05, 0.1) is 6.20 Å². The molecule has 0 atom stereocenters. The highest BCUT2D eigenvalue weighted by molar-refractivity contribution is 5.81. The van der Waals surface area contributed by atoms with Crippen LogP contribution in [0.25, 0.3) is 11.3 Å². The van der Waals surface area contributed by atoms with Gasteiger partial charge in [0.1, 0.15) is 5.82 Å². The van der Waals surface area contributed by atoms with Crippen LogP contribution in [0.15, 0.2) is 35.0 Å². The molecule has 2 aromatic rings. The first kappa shape index (κ1) is 23.9. The van der Waals surface area contributed by atoms with Gasteiger partial charge in [0.15, 0.2) is 5.76 Å². The molecule has 1 aromatic heterocycles. The SMILES string of the molecule is CN(C)CC(C)(C)CN(CCCc1cnoc1-c1ccc(F)cc1)C(=O)C(F)(F)F. The molecule has 166 valence electrons. The standard InChI is InChI=1S/C21H27F4N3O2/c1-20(2,13-27(3)4)14-28(19(29)21(23,24)25)11-5-6-16-12-26-30-18(16)15-7-9-17(22)10-8-15/h7-10,12H,5-6,11,13-14H2,1-4H3. The molecule has 0 aliphatic carbocycles. The Morgan fingerprint density at radius 3 is 2.30 bits per heavy atom. The van der Waals surface area contributed by atoms with E-state index in [0.29, 0.717) is 36.3 Å². The molecule has 30 heavy (non-hydrogen) atoms. The Bertz CT molecular complexity index is 830. The van der Waals surface area contributed by atoms with Crippen LogP contribution in [-0.4, -0.2) is 60.8 Å². The number of carbonyl (C=O) groups is 1. The van der Waals surface area contributed by atoms with Crippen molar-refractivity contribution in [1.82, 2.24) is 15.0 Å². The Morgan fingerprint density at radius 1 is 1.10 bits per heavy atom. The normalized spacial score (nSPS) is 12.4. The lowest BCUT2D eigenvalue weighted by molar-refractivity contribution is -0.186.